The van der Waals surface area contributed by atoms with E-state index in [1.807, 2.05) is 19.1 Å². The van der Waals surface area contributed by atoms with E-state index in [0.29, 0.717) is 12.8 Å². The highest BCUT2D eigenvalue weighted by atomic mass is 16.4. The van der Waals surface area contributed by atoms with E-state index in [-0.39, 0.29) is 12.3 Å². The highest BCUT2D eigenvalue weighted by Gasteiger charge is 2.18. The van der Waals surface area contributed by atoms with Gasteiger partial charge in [-0.2, -0.15) is 0 Å². The van der Waals surface area contributed by atoms with Gasteiger partial charge in [-0.1, -0.05) is 19.4 Å². The van der Waals surface area contributed by atoms with Crippen LogP contribution in [0.3, 0.4) is 0 Å². The van der Waals surface area contributed by atoms with E-state index in [0.717, 1.165) is 12.0 Å². The summed E-state index contributed by atoms with van der Waals surface area (Å²) in [7, 11) is 0. The van der Waals surface area contributed by atoms with Gasteiger partial charge in [0, 0.05) is 18.8 Å². The molecule has 5 heteroatoms. The van der Waals surface area contributed by atoms with Crippen molar-refractivity contribution in [3.8, 4) is 0 Å². The van der Waals surface area contributed by atoms with Gasteiger partial charge in [-0.25, -0.2) is 4.79 Å². The summed E-state index contributed by atoms with van der Waals surface area (Å²) in [5.74, 6) is -1.22. The number of nitrogens with one attached hydrogen (secondary N) is 1. The highest BCUT2D eigenvalue weighted by Crippen LogP contribution is 2.02. The van der Waals surface area contributed by atoms with Crippen LogP contribution in [0.1, 0.15) is 31.7 Å². The molecule has 1 heterocycles. The fourth-order valence-electron chi connectivity index (χ4n) is 1.62. The van der Waals surface area contributed by atoms with Crippen LogP contribution in [0.15, 0.2) is 24.5 Å². The summed E-state index contributed by atoms with van der Waals surface area (Å²) in [6, 6.07) is 2.92. The van der Waals surface area contributed by atoms with Crippen molar-refractivity contribution in [1.29, 1.82) is 0 Å². The van der Waals surface area contributed by atoms with Crippen LogP contribution in [0.2, 0.25) is 0 Å². The third-order valence-electron chi connectivity index (χ3n) is 2.57. The van der Waals surface area contributed by atoms with Crippen LogP contribution in [0, 0.1) is 0 Å². The molecule has 0 saturated heterocycles. The van der Waals surface area contributed by atoms with E-state index >= 15 is 0 Å². The number of carbonyl (C=O) groups excluding carboxylic acids is 1. The SMILES string of the molecule is CCCC(NC(=O)CCc1cccnc1)C(=O)O. The number of aryl methyl sites for hydroxylation is 1. The molecule has 1 aromatic heterocycles. The number of amides is 1. The van der Waals surface area contributed by atoms with Crippen LogP contribution < -0.4 is 5.32 Å². The molecule has 1 rings (SSSR count). The molecule has 1 amide bonds. The first-order valence-corrected chi connectivity index (χ1v) is 6.04. The van der Waals surface area contributed by atoms with Crippen LogP contribution >= 0.6 is 0 Å². The first-order chi connectivity index (χ1) is 8.63. The minimum Gasteiger partial charge on any atom is -0.480 e. The number of nitrogens with zero attached hydrogens (tertiary/aromatic N) is 1. The fraction of sp³-hybridized carbons (Fsp3) is 0.462. The van der Waals surface area contributed by atoms with Crippen molar-refractivity contribution >= 4 is 11.9 Å². The molecule has 0 saturated carbocycles. The summed E-state index contributed by atoms with van der Waals surface area (Å²) in [4.78, 5) is 26.4. The van der Waals surface area contributed by atoms with Gasteiger partial charge in [0.25, 0.3) is 0 Å². The zero-order valence-electron chi connectivity index (χ0n) is 10.4. The molecule has 2 N–H and O–H groups in total. The second-order valence-corrected chi connectivity index (χ2v) is 4.11. The Morgan fingerprint density at radius 3 is 2.83 bits per heavy atom. The van der Waals surface area contributed by atoms with Gasteiger partial charge in [0.05, 0.1) is 0 Å². The lowest BCUT2D eigenvalue weighted by Crippen LogP contribution is -2.40. The Morgan fingerprint density at radius 2 is 2.28 bits per heavy atom. The lowest BCUT2D eigenvalue weighted by atomic mass is 10.1. The van der Waals surface area contributed by atoms with Gasteiger partial charge in [-0.3, -0.25) is 9.78 Å². The maximum atomic E-state index is 11.6. The Kier molecular flexibility index (Phi) is 5.84. The van der Waals surface area contributed by atoms with Crippen molar-refractivity contribution in [3.05, 3.63) is 30.1 Å². The topological polar surface area (TPSA) is 79.3 Å². The van der Waals surface area contributed by atoms with Crippen molar-refractivity contribution < 1.29 is 14.7 Å². The van der Waals surface area contributed by atoms with Crippen LogP contribution in [0.25, 0.3) is 0 Å². The quantitative estimate of drug-likeness (QED) is 0.766. The van der Waals surface area contributed by atoms with Crippen LogP contribution in [0.5, 0.6) is 0 Å². The largest absolute Gasteiger partial charge is 0.480 e. The van der Waals surface area contributed by atoms with E-state index in [1.54, 1.807) is 12.4 Å². The summed E-state index contributed by atoms with van der Waals surface area (Å²) < 4.78 is 0. The standard InChI is InChI=1S/C13H18N2O3/c1-2-4-11(13(17)18)15-12(16)7-6-10-5-3-8-14-9-10/h3,5,8-9,11H,2,4,6-7H2,1H3,(H,15,16)(H,17,18). The Morgan fingerprint density at radius 1 is 1.50 bits per heavy atom. The predicted molar refractivity (Wildman–Crippen MR) is 67.0 cm³/mol. The molecular formula is C13H18N2O3. The number of carbonyl (C=O) groups is 2. The van der Waals surface area contributed by atoms with Gasteiger partial charge < -0.3 is 10.4 Å². The molecule has 18 heavy (non-hydrogen) atoms. The van der Waals surface area contributed by atoms with Crippen LogP contribution in [-0.2, 0) is 16.0 Å². The normalized spacial score (nSPS) is 11.8. The van der Waals surface area contributed by atoms with E-state index < -0.39 is 12.0 Å². The number of carboxylic acid groups (broad SMARTS) is 1. The zero-order valence-corrected chi connectivity index (χ0v) is 10.4. The monoisotopic (exact) mass is 250 g/mol. The summed E-state index contributed by atoms with van der Waals surface area (Å²) in [5.41, 5.74) is 0.968. The summed E-state index contributed by atoms with van der Waals surface area (Å²) in [5, 5.41) is 11.4. The molecule has 1 aromatic rings. The smallest absolute Gasteiger partial charge is 0.326 e. The van der Waals surface area contributed by atoms with E-state index in [9.17, 15) is 9.59 Å². The van der Waals surface area contributed by atoms with E-state index in [1.165, 1.54) is 0 Å². The van der Waals surface area contributed by atoms with Gasteiger partial charge in [-0.15, -0.1) is 0 Å². The number of aliphatic carboxylic acids is 1. The second kappa shape index (κ2) is 7.42. The molecule has 0 bridgehead atoms. The zero-order chi connectivity index (χ0) is 13.4. The molecule has 0 spiro atoms. The lowest BCUT2D eigenvalue weighted by Gasteiger charge is -2.13. The Bertz CT molecular complexity index is 392. The lowest BCUT2D eigenvalue weighted by molar-refractivity contribution is -0.142. The summed E-state index contributed by atoms with van der Waals surface area (Å²) in [6.07, 6.45) is 5.39. The van der Waals surface area contributed by atoms with Crippen molar-refractivity contribution in [2.45, 2.75) is 38.6 Å². The molecule has 0 aliphatic rings. The maximum absolute atomic E-state index is 11.6. The number of hydrogen-bond donors (Lipinski definition) is 2. The van der Waals surface area contributed by atoms with Gasteiger partial charge in [0.2, 0.25) is 5.91 Å². The Labute approximate surface area is 106 Å². The third-order valence-corrected chi connectivity index (χ3v) is 2.57. The van der Waals surface area contributed by atoms with Gasteiger partial charge in [-0.05, 0) is 24.5 Å². The molecule has 5 nitrogen and oxygen atoms in total. The third kappa shape index (κ3) is 4.95. The van der Waals surface area contributed by atoms with Crippen molar-refractivity contribution in [1.82, 2.24) is 10.3 Å². The van der Waals surface area contributed by atoms with Crippen LogP contribution in [-0.4, -0.2) is 28.0 Å². The van der Waals surface area contributed by atoms with Crippen molar-refractivity contribution in [3.63, 3.8) is 0 Å². The van der Waals surface area contributed by atoms with Crippen molar-refractivity contribution in [2.75, 3.05) is 0 Å². The number of hydrogen-bond acceptors (Lipinski definition) is 3. The summed E-state index contributed by atoms with van der Waals surface area (Å²) in [6.45, 7) is 1.89. The highest BCUT2D eigenvalue weighted by molar-refractivity contribution is 5.83. The predicted octanol–water partition coefficient (Wildman–Crippen LogP) is 1.38. The first-order valence-electron chi connectivity index (χ1n) is 6.04. The average molecular weight is 250 g/mol. The van der Waals surface area contributed by atoms with Crippen LogP contribution in [0.4, 0.5) is 0 Å². The molecule has 0 aliphatic heterocycles. The molecule has 0 aliphatic carbocycles. The van der Waals surface area contributed by atoms with E-state index in [2.05, 4.69) is 10.3 Å². The number of aromatic nitrogens is 1. The molecule has 98 valence electrons. The first kappa shape index (κ1) is 14.2. The fourth-order valence-corrected chi connectivity index (χ4v) is 1.62. The minimum atomic E-state index is -0.980. The Balaban J connectivity index is 2.39. The number of pyridine rings is 1. The molecule has 0 aromatic carbocycles. The molecule has 1 unspecified atom stereocenters. The minimum absolute atomic E-state index is 0.236. The van der Waals surface area contributed by atoms with Gasteiger partial charge >= 0.3 is 5.97 Å². The summed E-state index contributed by atoms with van der Waals surface area (Å²) >= 11 is 0. The maximum Gasteiger partial charge on any atom is 0.326 e. The number of carboxylic acids is 1. The van der Waals surface area contributed by atoms with Gasteiger partial charge in [0.15, 0.2) is 0 Å². The van der Waals surface area contributed by atoms with Gasteiger partial charge in [0.1, 0.15) is 6.04 Å². The molecule has 0 radical (unpaired) electrons. The second-order valence-electron chi connectivity index (χ2n) is 4.11. The Hall–Kier alpha value is -1.91. The molecular weight excluding hydrogens is 232 g/mol. The molecule has 1 atom stereocenters. The van der Waals surface area contributed by atoms with E-state index in [4.69, 9.17) is 5.11 Å². The average Bonchev–Trinajstić information content (AvgIpc) is 2.37. The van der Waals surface area contributed by atoms with Crippen molar-refractivity contribution in [2.24, 2.45) is 0 Å². The molecule has 0 fully saturated rings. The number of rotatable bonds is 7.